The third-order valence-corrected chi connectivity index (χ3v) is 8.04. The van der Waals surface area contributed by atoms with Gasteiger partial charge < -0.3 is 9.80 Å². The first-order chi connectivity index (χ1) is 15.7. The lowest BCUT2D eigenvalue weighted by Crippen LogP contribution is -2.39. The van der Waals surface area contributed by atoms with Crippen LogP contribution in [-0.2, 0) is 12.8 Å². The van der Waals surface area contributed by atoms with Crippen LogP contribution in [0.1, 0.15) is 37.3 Å². The van der Waals surface area contributed by atoms with Gasteiger partial charge in [0.15, 0.2) is 0 Å². The van der Waals surface area contributed by atoms with Gasteiger partial charge in [0.25, 0.3) is 0 Å². The highest BCUT2D eigenvalue weighted by Crippen LogP contribution is 2.31. The first kappa shape index (κ1) is 20.0. The Morgan fingerprint density at radius 3 is 2.56 bits per heavy atom. The third-order valence-electron chi connectivity index (χ3n) is 8.04. The lowest BCUT2D eigenvalue weighted by Gasteiger charge is -2.28. The smallest absolute Gasteiger partial charge is 0.0703 e. The summed E-state index contributed by atoms with van der Waals surface area (Å²) in [6.07, 6.45) is 8.32. The van der Waals surface area contributed by atoms with E-state index in [1.807, 2.05) is 6.20 Å². The van der Waals surface area contributed by atoms with Crippen molar-refractivity contribution < 1.29 is 0 Å². The molecule has 0 bridgehead atoms. The van der Waals surface area contributed by atoms with Crippen LogP contribution in [0.3, 0.4) is 0 Å². The van der Waals surface area contributed by atoms with Crippen molar-refractivity contribution in [2.24, 2.45) is 0 Å². The molecule has 32 heavy (non-hydrogen) atoms. The average molecular weight is 427 g/mol. The minimum absolute atomic E-state index is 0.738. The fourth-order valence-electron chi connectivity index (χ4n) is 6.14. The maximum absolute atomic E-state index is 4.70. The molecule has 0 amide bonds. The average Bonchev–Trinajstić information content (AvgIpc) is 3.42. The first-order valence-corrected chi connectivity index (χ1v) is 12.5. The molecule has 4 heteroatoms. The molecule has 2 saturated heterocycles. The van der Waals surface area contributed by atoms with Crippen LogP contribution in [0.5, 0.6) is 0 Å². The topological polar surface area (TPSA) is 22.6 Å². The molecule has 4 nitrogen and oxygen atoms in total. The lowest BCUT2D eigenvalue weighted by atomic mass is 10.0. The van der Waals surface area contributed by atoms with Crippen molar-refractivity contribution in [1.82, 2.24) is 9.88 Å². The van der Waals surface area contributed by atoms with E-state index >= 15 is 0 Å². The number of hydrogen-bond acceptors (Lipinski definition) is 4. The zero-order valence-corrected chi connectivity index (χ0v) is 19.2. The largest absolute Gasteiger partial charge is 0.370 e. The zero-order valence-electron chi connectivity index (χ0n) is 19.2. The third kappa shape index (κ3) is 3.75. The maximum atomic E-state index is 4.70. The van der Waals surface area contributed by atoms with Gasteiger partial charge in [-0.25, -0.2) is 0 Å². The van der Waals surface area contributed by atoms with E-state index in [-0.39, 0.29) is 0 Å². The fraction of sp³-hybridized carbons (Fsp3) is 0.464. The standard InChI is InChI=1S/C28H34N4/c1-21-5-4-13-32(21)26-12-16-31(20-26)25-9-8-22-10-14-30(15-11-23(22)17-25)27-18-24-6-2-3-7-28(24)29-19-27/h2-3,6-9,17-19,21,26H,4-5,10-16,20H2,1H3. The number of pyridine rings is 1. The zero-order chi connectivity index (χ0) is 21.5. The quantitative estimate of drug-likeness (QED) is 0.594. The highest BCUT2D eigenvalue weighted by Gasteiger charge is 2.33. The second-order valence-corrected chi connectivity index (χ2v) is 9.94. The van der Waals surface area contributed by atoms with Gasteiger partial charge in [-0.05, 0) is 81.0 Å². The summed E-state index contributed by atoms with van der Waals surface area (Å²) in [6, 6.07) is 19.5. The van der Waals surface area contributed by atoms with E-state index in [4.69, 9.17) is 4.98 Å². The number of fused-ring (bicyclic) bond motifs is 2. The molecule has 2 atom stereocenters. The van der Waals surface area contributed by atoms with Gasteiger partial charge in [0, 0.05) is 49.3 Å². The number of hydrogen-bond donors (Lipinski definition) is 0. The van der Waals surface area contributed by atoms with Crippen LogP contribution in [0.2, 0.25) is 0 Å². The van der Waals surface area contributed by atoms with Gasteiger partial charge in [-0.15, -0.1) is 0 Å². The van der Waals surface area contributed by atoms with Crippen molar-refractivity contribution in [2.75, 3.05) is 42.5 Å². The molecular weight excluding hydrogens is 392 g/mol. The van der Waals surface area contributed by atoms with Crippen molar-refractivity contribution in [2.45, 2.75) is 51.1 Å². The molecule has 3 aromatic rings. The number of para-hydroxylation sites is 1. The summed E-state index contributed by atoms with van der Waals surface area (Å²) in [7, 11) is 0. The van der Waals surface area contributed by atoms with E-state index in [1.54, 1.807) is 0 Å². The Bertz CT molecular complexity index is 1110. The molecule has 1 aromatic heterocycles. The Kier molecular flexibility index (Phi) is 5.26. The fourth-order valence-corrected chi connectivity index (χ4v) is 6.14. The highest BCUT2D eigenvalue weighted by atomic mass is 15.3. The van der Waals surface area contributed by atoms with Crippen molar-refractivity contribution in [3.05, 3.63) is 65.9 Å². The molecule has 3 aliphatic heterocycles. The Morgan fingerprint density at radius 2 is 1.69 bits per heavy atom. The van der Waals surface area contributed by atoms with E-state index in [0.29, 0.717) is 0 Å². The summed E-state index contributed by atoms with van der Waals surface area (Å²) in [5, 5.41) is 1.23. The number of aromatic nitrogens is 1. The van der Waals surface area contributed by atoms with Crippen molar-refractivity contribution in [1.29, 1.82) is 0 Å². The molecule has 0 N–H and O–H groups in total. The van der Waals surface area contributed by atoms with E-state index in [1.165, 1.54) is 66.8 Å². The van der Waals surface area contributed by atoms with Gasteiger partial charge in [0.05, 0.1) is 17.4 Å². The van der Waals surface area contributed by atoms with Crippen LogP contribution in [0.25, 0.3) is 10.9 Å². The normalized spacial score (nSPS) is 24.2. The molecule has 4 heterocycles. The number of rotatable bonds is 3. The molecule has 6 rings (SSSR count). The monoisotopic (exact) mass is 426 g/mol. The van der Waals surface area contributed by atoms with Crippen molar-refractivity contribution in [3.63, 3.8) is 0 Å². The molecule has 2 unspecified atom stereocenters. The van der Waals surface area contributed by atoms with Crippen LogP contribution in [0, 0.1) is 0 Å². The number of anilines is 2. The lowest BCUT2D eigenvalue weighted by molar-refractivity contribution is 0.204. The Morgan fingerprint density at radius 1 is 0.812 bits per heavy atom. The summed E-state index contributed by atoms with van der Waals surface area (Å²) in [5.41, 5.74) is 6.81. The number of benzene rings is 2. The minimum Gasteiger partial charge on any atom is -0.370 e. The second kappa shape index (κ2) is 8.40. The van der Waals surface area contributed by atoms with Crippen molar-refractivity contribution in [3.8, 4) is 0 Å². The van der Waals surface area contributed by atoms with Crippen LogP contribution in [0.4, 0.5) is 11.4 Å². The molecule has 3 aliphatic rings. The second-order valence-electron chi connectivity index (χ2n) is 9.94. The van der Waals surface area contributed by atoms with Gasteiger partial charge in [0.2, 0.25) is 0 Å². The van der Waals surface area contributed by atoms with E-state index < -0.39 is 0 Å². The highest BCUT2D eigenvalue weighted by molar-refractivity contribution is 5.81. The van der Waals surface area contributed by atoms with Gasteiger partial charge in [0.1, 0.15) is 0 Å². The van der Waals surface area contributed by atoms with Gasteiger partial charge >= 0.3 is 0 Å². The first-order valence-electron chi connectivity index (χ1n) is 12.5. The Labute approximate surface area is 191 Å². The van der Waals surface area contributed by atoms with E-state index in [2.05, 4.69) is 70.2 Å². The molecule has 2 fully saturated rings. The Hall–Kier alpha value is -2.59. The SMILES string of the molecule is CC1CCCN1C1CCN(c2ccc3c(c2)CCN(c2cnc4ccccc4c2)CC3)C1. The van der Waals surface area contributed by atoms with Crippen LogP contribution < -0.4 is 9.80 Å². The number of nitrogens with zero attached hydrogens (tertiary/aromatic N) is 4. The molecule has 0 saturated carbocycles. The Balaban J connectivity index is 1.16. The van der Waals surface area contributed by atoms with Crippen LogP contribution >= 0.6 is 0 Å². The summed E-state index contributed by atoms with van der Waals surface area (Å²) in [5.74, 6) is 0. The molecule has 0 aliphatic carbocycles. The molecular formula is C28H34N4. The summed E-state index contributed by atoms with van der Waals surface area (Å²) >= 11 is 0. The molecule has 2 aromatic carbocycles. The molecule has 166 valence electrons. The predicted molar refractivity (Wildman–Crippen MR) is 134 cm³/mol. The summed E-state index contributed by atoms with van der Waals surface area (Å²) in [4.78, 5) is 12.6. The maximum Gasteiger partial charge on any atom is 0.0703 e. The molecule has 0 spiro atoms. The van der Waals surface area contributed by atoms with E-state index in [9.17, 15) is 0 Å². The van der Waals surface area contributed by atoms with Gasteiger partial charge in [-0.3, -0.25) is 9.88 Å². The van der Waals surface area contributed by atoms with Crippen LogP contribution in [-0.4, -0.2) is 54.7 Å². The summed E-state index contributed by atoms with van der Waals surface area (Å²) in [6.45, 7) is 8.22. The van der Waals surface area contributed by atoms with Gasteiger partial charge in [-0.1, -0.05) is 24.3 Å². The van der Waals surface area contributed by atoms with E-state index in [0.717, 1.165) is 43.5 Å². The summed E-state index contributed by atoms with van der Waals surface area (Å²) < 4.78 is 0. The van der Waals surface area contributed by atoms with Crippen LogP contribution in [0.15, 0.2) is 54.7 Å². The van der Waals surface area contributed by atoms with Crippen molar-refractivity contribution >= 4 is 22.3 Å². The van der Waals surface area contributed by atoms with Gasteiger partial charge in [-0.2, -0.15) is 0 Å². The molecule has 0 radical (unpaired) electrons. The minimum atomic E-state index is 0.738. The number of likely N-dealkylation sites (tertiary alicyclic amines) is 1. The predicted octanol–water partition coefficient (Wildman–Crippen LogP) is 4.90.